The van der Waals surface area contributed by atoms with Gasteiger partial charge in [0, 0.05) is 6.54 Å². The molecule has 0 aromatic heterocycles. The molecule has 0 saturated heterocycles. The Labute approximate surface area is 82.0 Å². The van der Waals surface area contributed by atoms with Crippen LogP contribution in [0.1, 0.15) is 5.56 Å². The second-order valence-electron chi connectivity index (χ2n) is 2.69. The first-order valence-electron chi connectivity index (χ1n) is 4.11. The number of nitrogens with two attached hydrogens (primary N) is 2. The van der Waals surface area contributed by atoms with Crippen LogP contribution in [-0.4, -0.2) is 13.1 Å². The van der Waals surface area contributed by atoms with Crippen molar-refractivity contribution in [2.45, 2.75) is 6.54 Å². The van der Waals surface area contributed by atoms with Crippen LogP contribution < -0.4 is 21.5 Å². The van der Waals surface area contributed by atoms with Gasteiger partial charge >= 0.3 is 6.03 Å². The predicted octanol–water partition coefficient (Wildman–Crippen LogP) is 0.645. The van der Waals surface area contributed by atoms with Crippen molar-refractivity contribution in [1.82, 2.24) is 0 Å². The van der Waals surface area contributed by atoms with E-state index in [9.17, 15) is 4.79 Å². The lowest BCUT2D eigenvalue weighted by molar-refractivity contribution is 0.259. The van der Waals surface area contributed by atoms with Gasteiger partial charge in [0.05, 0.1) is 12.8 Å². The van der Waals surface area contributed by atoms with Crippen LogP contribution in [0.5, 0.6) is 5.75 Å². The fourth-order valence-electron chi connectivity index (χ4n) is 1.18. The maximum atomic E-state index is 10.7. The van der Waals surface area contributed by atoms with E-state index in [1.54, 1.807) is 18.2 Å². The van der Waals surface area contributed by atoms with Gasteiger partial charge < -0.3 is 21.5 Å². The molecular formula is C9H13N3O2. The summed E-state index contributed by atoms with van der Waals surface area (Å²) in [4.78, 5) is 10.7. The molecule has 0 aliphatic carbocycles. The lowest BCUT2D eigenvalue weighted by Crippen LogP contribution is -2.21. The van der Waals surface area contributed by atoms with E-state index in [0.717, 1.165) is 5.56 Å². The first kappa shape index (κ1) is 10.3. The number of hydrogen-bond acceptors (Lipinski definition) is 3. The van der Waals surface area contributed by atoms with Crippen LogP contribution in [0.2, 0.25) is 0 Å². The number of benzene rings is 1. The van der Waals surface area contributed by atoms with E-state index in [0.29, 0.717) is 18.0 Å². The molecule has 76 valence electrons. The third-order valence-corrected chi connectivity index (χ3v) is 1.80. The predicted molar refractivity (Wildman–Crippen MR) is 54.1 cm³/mol. The standard InChI is InChI=1S/C9H13N3O2/c1-14-7-4-2-3-6(5-10)8(7)12-9(11)13/h2-4H,5,10H2,1H3,(H3,11,12,13). The minimum absolute atomic E-state index is 0.312. The summed E-state index contributed by atoms with van der Waals surface area (Å²) in [5, 5.41) is 2.48. The molecule has 0 unspecified atom stereocenters. The molecule has 0 atom stereocenters. The highest BCUT2D eigenvalue weighted by Gasteiger charge is 2.08. The maximum Gasteiger partial charge on any atom is 0.316 e. The van der Waals surface area contributed by atoms with Crippen LogP contribution >= 0.6 is 0 Å². The Morgan fingerprint density at radius 3 is 2.79 bits per heavy atom. The molecule has 5 nitrogen and oxygen atoms in total. The van der Waals surface area contributed by atoms with E-state index >= 15 is 0 Å². The molecule has 1 aromatic carbocycles. The van der Waals surface area contributed by atoms with Crippen LogP contribution in [0, 0.1) is 0 Å². The smallest absolute Gasteiger partial charge is 0.316 e. The SMILES string of the molecule is COc1cccc(CN)c1NC(N)=O. The molecule has 0 heterocycles. The van der Waals surface area contributed by atoms with Gasteiger partial charge in [0.2, 0.25) is 0 Å². The number of nitrogens with one attached hydrogen (secondary N) is 1. The normalized spacial score (nSPS) is 9.57. The van der Waals surface area contributed by atoms with Crippen molar-refractivity contribution in [2.75, 3.05) is 12.4 Å². The van der Waals surface area contributed by atoms with Gasteiger partial charge in [-0.2, -0.15) is 0 Å². The van der Waals surface area contributed by atoms with E-state index in [-0.39, 0.29) is 0 Å². The number of hydrogen-bond donors (Lipinski definition) is 3. The number of carbonyl (C=O) groups excluding carboxylic acids is 1. The highest BCUT2D eigenvalue weighted by molar-refractivity contribution is 5.90. The van der Waals surface area contributed by atoms with Gasteiger partial charge in [0.1, 0.15) is 5.75 Å². The maximum absolute atomic E-state index is 10.7. The summed E-state index contributed by atoms with van der Waals surface area (Å²) in [6, 6.07) is 4.69. The van der Waals surface area contributed by atoms with Gasteiger partial charge in [-0.3, -0.25) is 0 Å². The van der Waals surface area contributed by atoms with E-state index in [1.165, 1.54) is 7.11 Å². The number of rotatable bonds is 3. The molecule has 0 aliphatic rings. The van der Waals surface area contributed by atoms with Crippen molar-refractivity contribution in [2.24, 2.45) is 11.5 Å². The minimum Gasteiger partial charge on any atom is -0.495 e. The Morgan fingerprint density at radius 2 is 2.29 bits per heavy atom. The summed E-state index contributed by atoms with van der Waals surface area (Å²) in [5.41, 5.74) is 11.8. The Morgan fingerprint density at radius 1 is 1.57 bits per heavy atom. The Hall–Kier alpha value is -1.75. The van der Waals surface area contributed by atoms with Crippen molar-refractivity contribution in [1.29, 1.82) is 0 Å². The number of urea groups is 1. The van der Waals surface area contributed by atoms with Gasteiger partial charge in [-0.1, -0.05) is 12.1 Å². The molecule has 5 N–H and O–H groups in total. The fourth-order valence-corrected chi connectivity index (χ4v) is 1.18. The molecule has 0 fully saturated rings. The number of ether oxygens (including phenoxy) is 1. The molecule has 0 radical (unpaired) electrons. The third kappa shape index (κ3) is 2.14. The van der Waals surface area contributed by atoms with E-state index in [4.69, 9.17) is 16.2 Å². The topological polar surface area (TPSA) is 90.4 Å². The van der Waals surface area contributed by atoms with Crippen molar-refractivity contribution < 1.29 is 9.53 Å². The molecule has 0 bridgehead atoms. The number of para-hydroxylation sites is 1. The fraction of sp³-hybridized carbons (Fsp3) is 0.222. The summed E-state index contributed by atoms with van der Waals surface area (Å²) in [7, 11) is 1.52. The summed E-state index contributed by atoms with van der Waals surface area (Å²) < 4.78 is 5.06. The largest absolute Gasteiger partial charge is 0.495 e. The molecule has 14 heavy (non-hydrogen) atoms. The number of anilines is 1. The van der Waals surface area contributed by atoms with Gasteiger partial charge in [-0.15, -0.1) is 0 Å². The summed E-state index contributed by atoms with van der Waals surface area (Å²) in [5.74, 6) is 0.548. The Bertz CT molecular complexity index is 317. The molecule has 1 rings (SSSR count). The number of methoxy groups -OCH3 is 1. The van der Waals surface area contributed by atoms with Crippen molar-refractivity contribution in [3.05, 3.63) is 23.8 Å². The lowest BCUT2D eigenvalue weighted by Gasteiger charge is -2.12. The first-order chi connectivity index (χ1) is 6.69. The minimum atomic E-state index is -0.635. The molecular weight excluding hydrogens is 182 g/mol. The van der Waals surface area contributed by atoms with Crippen molar-refractivity contribution >= 4 is 11.7 Å². The number of amides is 2. The van der Waals surface area contributed by atoms with Crippen LogP contribution in [-0.2, 0) is 6.54 Å². The van der Waals surface area contributed by atoms with Gasteiger partial charge in [0.15, 0.2) is 0 Å². The molecule has 0 spiro atoms. The summed E-state index contributed by atoms with van der Waals surface area (Å²) >= 11 is 0. The monoisotopic (exact) mass is 195 g/mol. The van der Waals surface area contributed by atoms with Crippen LogP contribution in [0.4, 0.5) is 10.5 Å². The number of carbonyl (C=O) groups is 1. The zero-order valence-corrected chi connectivity index (χ0v) is 7.91. The Kier molecular flexibility index (Phi) is 3.30. The first-order valence-corrected chi connectivity index (χ1v) is 4.11. The highest BCUT2D eigenvalue weighted by Crippen LogP contribution is 2.27. The second kappa shape index (κ2) is 4.48. The molecule has 2 amide bonds. The van der Waals surface area contributed by atoms with Crippen LogP contribution in [0.25, 0.3) is 0 Å². The van der Waals surface area contributed by atoms with E-state index in [2.05, 4.69) is 5.32 Å². The number of primary amides is 1. The van der Waals surface area contributed by atoms with Gasteiger partial charge in [0.25, 0.3) is 0 Å². The van der Waals surface area contributed by atoms with Gasteiger partial charge in [-0.25, -0.2) is 4.79 Å². The van der Waals surface area contributed by atoms with Crippen molar-refractivity contribution in [3.8, 4) is 5.75 Å². The van der Waals surface area contributed by atoms with Gasteiger partial charge in [-0.05, 0) is 11.6 Å². The van der Waals surface area contributed by atoms with E-state index in [1.807, 2.05) is 0 Å². The van der Waals surface area contributed by atoms with Crippen LogP contribution in [0.3, 0.4) is 0 Å². The van der Waals surface area contributed by atoms with Crippen molar-refractivity contribution in [3.63, 3.8) is 0 Å². The highest BCUT2D eigenvalue weighted by atomic mass is 16.5. The summed E-state index contributed by atoms with van der Waals surface area (Å²) in [6.45, 7) is 0.312. The lowest BCUT2D eigenvalue weighted by atomic mass is 10.1. The molecule has 0 aliphatic heterocycles. The van der Waals surface area contributed by atoms with E-state index < -0.39 is 6.03 Å². The average molecular weight is 195 g/mol. The molecule has 1 aromatic rings. The summed E-state index contributed by atoms with van der Waals surface area (Å²) in [6.07, 6.45) is 0. The third-order valence-electron chi connectivity index (χ3n) is 1.80. The second-order valence-corrected chi connectivity index (χ2v) is 2.69. The quantitative estimate of drug-likeness (QED) is 0.661. The molecule has 5 heteroatoms. The average Bonchev–Trinajstić information content (AvgIpc) is 2.17. The zero-order chi connectivity index (χ0) is 10.6. The Balaban J connectivity index is 3.12. The molecule has 0 saturated carbocycles. The zero-order valence-electron chi connectivity index (χ0n) is 7.91. The van der Waals surface area contributed by atoms with Crippen LogP contribution in [0.15, 0.2) is 18.2 Å².